The molecule has 0 aliphatic carbocycles. The Morgan fingerprint density at radius 1 is 1.47 bits per heavy atom. The lowest BCUT2D eigenvalue weighted by Crippen LogP contribution is -2.34. The highest BCUT2D eigenvalue weighted by molar-refractivity contribution is 7.89. The number of ether oxygens (including phenoxy) is 1. The molecule has 0 radical (unpaired) electrons. The summed E-state index contributed by atoms with van der Waals surface area (Å²) < 4.78 is 27.9. The lowest BCUT2D eigenvalue weighted by atomic mass is 10.0. The predicted octanol–water partition coefficient (Wildman–Crippen LogP) is -0.0443. The van der Waals surface area contributed by atoms with Crippen molar-refractivity contribution in [1.82, 2.24) is 4.83 Å². The van der Waals surface area contributed by atoms with Crippen LogP contribution in [0.4, 0.5) is 0 Å². The zero-order chi connectivity index (χ0) is 10.9. The first kappa shape index (κ1) is 10.4. The fourth-order valence-electron chi connectivity index (χ4n) is 1.68. The number of benzene rings is 1. The zero-order valence-corrected chi connectivity index (χ0v) is 8.83. The minimum Gasteiger partial charge on any atom is -0.493 e. The van der Waals surface area contributed by atoms with Gasteiger partial charge in [0.25, 0.3) is 0 Å². The summed E-state index contributed by atoms with van der Waals surface area (Å²) in [7, 11) is -3.40. The number of para-hydroxylation sites is 1. The Morgan fingerprint density at radius 2 is 2.20 bits per heavy atom. The van der Waals surface area contributed by atoms with Crippen LogP contribution >= 0.6 is 0 Å². The number of hydrogen-bond acceptors (Lipinski definition) is 4. The van der Waals surface area contributed by atoms with Crippen molar-refractivity contribution in [1.29, 1.82) is 0 Å². The largest absolute Gasteiger partial charge is 0.493 e. The maximum Gasteiger partial charge on any atom is 0.224 e. The van der Waals surface area contributed by atoms with E-state index in [0.717, 1.165) is 11.3 Å². The third-order valence-corrected chi connectivity index (χ3v) is 3.60. The number of rotatable bonds is 3. The molecule has 2 rings (SSSR count). The molecule has 82 valence electrons. The maximum absolute atomic E-state index is 11.3. The van der Waals surface area contributed by atoms with Crippen molar-refractivity contribution in [2.75, 3.05) is 12.4 Å². The molecule has 0 saturated heterocycles. The first-order valence-electron chi connectivity index (χ1n) is 4.54. The molecule has 1 heterocycles. The molecule has 1 aliphatic heterocycles. The van der Waals surface area contributed by atoms with Crippen molar-refractivity contribution in [3.63, 3.8) is 0 Å². The average Bonchev–Trinajstić information content (AvgIpc) is 2.62. The fourth-order valence-corrected chi connectivity index (χ4v) is 2.58. The molecular formula is C9H12N2O3S. The van der Waals surface area contributed by atoms with Gasteiger partial charge >= 0.3 is 0 Å². The molecule has 1 atom stereocenters. The summed E-state index contributed by atoms with van der Waals surface area (Å²) in [5.74, 6) is 5.51. The van der Waals surface area contributed by atoms with Crippen LogP contribution in [0.25, 0.3) is 0 Å². The maximum atomic E-state index is 11.3. The highest BCUT2D eigenvalue weighted by Crippen LogP contribution is 2.33. The van der Waals surface area contributed by atoms with Crippen LogP contribution in [0.15, 0.2) is 24.3 Å². The zero-order valence-electron chi connectivity index (χ0n) is 8.01. The minimum atomic E-state index is -3.40. The van der Waals surface area contributed by atoms with Gasteiger partial charge in [-0.2, -0.15) is 4.83 Å². The SMILES string of the molecule is NNS(=O)(=O)CC1COc2ccccc21. The molecule has 1 aromatic carbocycles. The first-order chi connectivity index (χ1) is 7.12. The standard InChI is InChI=1S/C9H12N2O3S/c10-11-15(12,13)6-7-5-14-9-4-2-1-3-8(7)9/h1-4,7,11H,5-6,10H2. The van der Waals surface area contributed by atoms with Crippen LogP contribution in [-0.2, 0) is 10.0 Å². The Hall–Kier alpha value is -1.11. The summed E-state index contributed by atoms with van der Waals surface area (Å²) in [4.78, 5) is 1.82. The molecule has 0 saturated carbocycles. The van der Waals surface area contributed by atoms with Crippen molar-refractivity contribution in [2.24, 2.45) is 5.84 Å². The monoisotopic (exact) mass is 228 g/mol. The molecule has 1 unspecified atom stereocenters. The fraction of sp³-hybridized carbons (Fsp3) is 0.333. The van der Waals surface area contributed by atoms with E-state index in [9.17, 15) is 8.42 Å². The molecule has 1 aromatic rings. The topological polar surface area (TPSA) is 81.4 Å². The van der Waals surface area contributed by atoms with Gasteiger partial charge in [-0.05, 0) is 6.07 Å². The molecule has 1 aliphatic rings. The van der Waals surface area contributed by atoms with E-state index in [1.807, 2.05) is 29.1 Å². The van der Waals surface area contributed by atoms with Crippen LogP contribution < -0.4 is 15.4 Å². The van der Waals surface area contributed by atoms with E-state index in [-0.39, 0.29) is 11.7 Å². The lowest BCUT2D eigenvalue weighted by molar-refractivity contribution is 0.337. The van der Waals surface area contributed by atoms with Gasteiger partial charge in [0.2, 0.25) is 10.0 Å². The number of sulfonamides is 1. The van der Waals surface area contributed by atoms with Crippen LogP contribution in [0, 0.1) is 0 Å². The molecule has 15 heavy (non-hydrogen) atoms. The van der Waals surface area contributed by atoms with Gasteiger partial charge < -0.3 is 4.74 Å². The van der Waals surface area contributed by atoms with Crippen LogP contribution in [0.1, 0.15) is 11.5 Å². The summed E-state index contributed by atoms with van der Waals surface area (Å²) in [6, 6.07) is 7.43. The first-order valence-corrected chi connectivity index (χ1v) is 6.19. The number of hydrazine groups is 1. The molecule has 0 amide bonds. The molecular weight excluding hydrogens is 216 g/mol. The predicted molar refractivity (Wildman–Crippen MR) is 55.8 cm³/mol. The van der Waals surface area contributed by atoms with Gasteiger partial charge in [-0.1, -0.05) is 18.2 Å². The van der Waals surface area contributed by atoms with E-state index in [0.29, 0.717) is 6.61 Å². The van der Waals surface area contributed by atoms with Crippen LogP contribution in [-0.4, -0.2) is 20.8 Å². The summed E-state index contributed by atoms with van der Waals surface area (Å²) in [5, 5.41) is 0. The van der Waals surface area contributed by atoms with Crippen molar-refractivity contribution in [3.05, 3.63) is 29.8 Å². The van der Waals surface area contributed by atoms with E-state index >= 15 is 0 Å². The third kappa shape index (κ3) is 2.11. The molecule has 5 nitrogen and oxygen atoms in total. The smallest absolute Gasteiger partial charge is 0.224 e. The van der Waals surface area contributed by atoms with Crippen LogP contribution in [0.5, 0.6) is 5.75 Å². The number of fused-ring (bicyclic) bond motifs is 1. The Labute approximate surface area is 88.3 Å². The Kier molecular flexibility index (Phi) is 2.64. The van der Waals surface area contributed by atoms with E-state index in [4.69, 9.17) is 10.6 Å². The summed E-state index contributed by atoms with van der Waals surface area (Å²) in [6.45, 7) is 0.389. The minimum absolute atomic E-state index is 0.0412. The second kappa shape index (κ2) is 3.80. The Balaban J connectivity index is 2.22. The normalized spacial score (nSPS) is 19.7. The van der Waals surface area contributed by atoms with Gasteiger partial charge in [-0.3, -0.25) is 5.84 Å². The molecule has 0 fully saturated rings. The van der Waals surface area contributed by atoms with Gasteiger partial charge in [-0.15, -0.1) is 0 Å². The highest BCUT2D eigenvalue weighted by atomic mass is 32.2. The van der Waals surface area contributed by atoms with Crippen molar-refractivity contribution in [2.45, 2.75) is 5.92 Å². The third-order valence-electron chi connectivity index (χ3n) is 2.40. The van der Waals surface area contributed by atoms with Crippen molar-refractivity contribution < 1.29 is 13.2 Å². The molecule has 0 bridgehead atoms. The molecule has 0 aromatic heterocycles. The Bertz CT molecular complexity index is 458. The highest BCUT2D eigenvalue weighted by Gasteiger charge is 2.27. The van der Waals surface area contributed by atoms with Crippen LogP contribution in [0.3, 0.4) is 0 Å². The van der Waals surface area contributed by atoms with E-state index < -0.39 is 10.0 Å². The molecule has 3 N–H and O–H groups in total. The summed E-state index contributed by atoms with van der Waals surface area (Å²) in [6.07, 6.45) is 0. The van der Waals surface area contributed by atoms with Crippen molar-refractivity contribution in [3.8, 4) is 5.75 Å². The summed E-state index contributed by atoms with van der Waals surface area (Å²) in [5.41, 5.74) is 0.927. The van der Waals surface area contributed by atoms with Gasteiger partial charge in [-0.25, -0.2) is 8.42 Å². The molecule has 6 heteroatoms. The summed E-state index contributed by atoms with van der Waals surface area (Å²) >= 11 is 0. The van der Waals surface area contributed by atoms with E-state index in [1.165, 1.54) is 0 Å². The Morgan fingerprint density at radius 3 is 2.93 bits per heavy atom. The second-order valence-corrected chi connectivity index (χ2v) is 5.24. The van der Waals surface area contributed by atoms with Gasteiger partial charge in [0.15, 0.2) is 0 Å². The van der Waals surface area contributed by atoms with E-state index in [1.54, 1.807) is 0 Å². The number of nitrogens with one attached hydrogen (secondary N) is 1. The number of nitrogens with two attached hydrogens (primary N) is 1. The van der Waals surface area contributed by atoms with Gasteiger partial charge in [0.1, 0.15) is 5.75 Å². The van der Waals surface area contributed by atoms with Crippen molar-refractivity contribution >= 4 is 10.0 Å². The molecule has 0 spiro atoms. The average molecular weight is 228 g/mol. The number of hydrogen-bond donors (Lipinski definition) is 2. The van der Waals surface area contributed by atoms with Crippen LogP contribution in [0.2, 0.25) is 0 Å². The van der Waals surface area contributed by atoms with E-state index in [2.05, 4.69) is 0 Å². The second-order valence-electron chi connectivity index (χ2n) is 3.45. The quantitative estimate of drug-likeness (QED) is 0.561. The lowest BCUT2D eigenvalue weighted by Gasteiger charge is -2.08. The van der Waals surface area contributed by atoms with Gasteiger partial charge in [0, 0.05) is 11.5 Å². The van der Waals surface area contributed by atoms with Gasteiger partial charge in [0.05, 0.1) is 12.4 Å².